The molecule has 170 valence electrons. The second kappa shape index (κ2) is 9.54. The number of nitrogens with one attached hydrogen (secondary N) is 1. The molecule has 1 atom stereocenters. The number of nitrogens with zero attached hydrogens (tertiary/aromatic N) is 3. The van der Waals surface area contributed by atoms with E-state index in [-0.39, 0.29) is 29.8 Å². The summed E-state index contributed by atoms with van der Waals surface area (Å²) in [6.07, 6.45) is 3.88. The SMILES string of the molecule is CCC(=O)N1CCc2c(nc([C@H]3CCCCN3C(=O)Cc3ccc(OC)cc3)[nH]c2=O)C1. The number of hydrogen-bond acceptors (Lipinski definition) is 5. The quantitative estimate of drug-likeness (QED) is 0.773. The van der Waals surface area contributed by atoms with Crippen LogP contribution >= 0.6 is 0 Å². The van der Waals surface area contributed by atoms with Crippen molar-refractivity contribution in [3.8, 4) is 5.75 Å². The van der Waals surface area contributed by atoms with E-state index < -0.39 is 0 Å². The fourth-order valence-electron chi connectivity index (χ4n) is 4.59. The predicted octanol–water partition coefficient (Wildman–Crippen LogP) is 2.37. The Bertz CT molecular complexity index is 1050. The molecule has 3 heterocycles. The van der Waals surface area contributed by atoms with E-state index in [1.54, 1.807) is 12.0 Å². The number of rotatable bonds is 5. The Labute approximate surface area is 187 Å². The van der Waals surface area contributed by atoms with E-state index in [0.717, 1.165) is 30.6 Å². The standard InChI is InChI=1S/C24H30N4O4/c1-3-21(29)27-13-11-18-19(15-27)25-23(26-24(18)31)20-6-4-5-12-28(20)22(30)14-16-7-9-17(32-2)10-8-16/h7-10,20H,3-6,11-15H2,1-2H3,(H,25,26,31)/t20-/m1/s1. The first kappa shape index (κ1) is 22.0. The van der Waals surface area contributed by atoms with E-state index in [1.807, 2.05) is 36.1 Å². The van der Waals surface area contributed by atoms with Crippen LogP contribution in [0.4, 0.5) is 0 Å². The second-order valence-corrected chi connectivity index (χ2v) is 8.42. The molecule has 1 saturated heterocycles. The minimum Gasteiger partial charge on any atom is -0.497 e. The molecule has 4 rings (SSSR count). The lowest BCUT2D eigenvalue weighted by Crippen LogP contribution is -2.42. The van der Waals surface area contributed by atoms with Gasteiger partial charge in [-0.25, -0.2) is 4.98 Å². The average Bonchev–Trinajstić information content (AvgIpc) is 2.83. The van der Waals surface area contributed by atoms with Gasteiger partial charge in [0.25, 0.3) is 5.56 Å². The molecule has 2 amide bonds. The maximum Gasteiger partial charge on any atom is 0.254 e. The number of ether oxygens (including phenoxy) is 1. The minimum absolute atomic E-state index is 0.0167. The third-order valence-corrected chi connectivity index (χ3v) is 6.40. The van der Waals surface area contributed by atoms with Crippen LogP contribution in [0.25, 0.3) is 0 Å². The van der Waals surface area contributed by atoms with Crippen molar-refractivity contribution in [1.82, 2.24) is 19.8 Å². The molecule has 0 unspecified atom stereocenters. The molecule has 0 saturated carbocycles. The maximum absolute atomic E-state index is 13.2. The zero-order valence-electron chi connectivity index (χ0n) is 18.7. The van der Waals surface area contributed by atoms with Crippen LogP contribution in [0, 0.1) is 0 Å². The number of H-pyrrole nitrogens is 1. The lowest BCUT2D eigenvalue weighted by Gasteiger charge is -2.36. The fourth-order valence-corrected chi connectivity index (χ4v) is 4.59. The smallest absolute Gasteiger partial charge is 0.254 e. The van der Waals surface area contributed by atoms with Gasteiger partial charge in [0, 0.05) is 25.1 Å². The number of carbonyl (C=O) groups is 2. The first-order valence-electron chi connectivity index (χ1n) is 11.3. The molecule has 1 aromatic carbocycles. The molecule has 2 aliphatic rings. The fraction of sp³-hybridized carbons (Fsp3) is 0.500. The van der Waals surface area contributed by atoms with Crippen molar-refractivity contribution < 1.29 is 14.3 Å². The van der Waals surface area contributed by atoms with Gasteiger partial charge in [-0.2, -0.15) is 0 Å². The summed E-state index contributed by atoms with van der Waals surface area (Å²) in [6.45, 7) is 3.37. The van der Waals surface area contributed by atoms with Crippen LogP contribution in [0.15, 0.2) is 29.1 Å². The monoisotopic (exact) mass is 438 g/mol. The van der Waals surface area contributed by atoms with E-state index in [0.29, 0.717) is 49.6 Å². The molecule has 8 heteroatoms. The van der Waals surface area contributed by atoms with Crippen LogP contribution in [0.2, 0.25) is 0 Å². The van der Waals surface area contributed by atoms with Crippen molar-refractivity contribution in [3.05, 3.63) is 57.3 Å². The largest absolute Gasteiger partial charge is 0.497 e. The number of benzene rings is 1. The molecular formula is C24H30N4O4. The van der Waals surface area contributed by atoms with Crippen molar-refractivity contribution in [1.29, 1.82) is 0 Å². The predicted molar refractivity (Wildman–Crippen MR) is 119 cm³/mol. The molecule has 2 aliphatic heterocycles. The number of aromatic nitrogens is 2. The number of fused-ring (bicyclic) bond motifs is 1. The Kier molecular flexibility index (Phi) is 6.58. The summed E-state index contributed by atoms with van der Waals surface area (Å²) in [4.78, 5) is 49.4. The van der Waals surface area contributed by atoms with E-state index in [9.17, 15) is 14.4 Å². The number of methoxy groups -OCH3 is 1. The van der Waals surface area contributed by atoms with Gasteiger partial charge >= 0.3 is 0 Å². The highest BCUT2D eigenvalue weighted by atomic mass is 16.5. The molecule has 32 heavy (non-hydrogen) atoms. The summed E-state index contributed by atoms with van der Waals surface area (Å²) in [5.74, 6) is 1.36. The van der Waals surface area contributed by atoms with Crippen LogP contribution in [0.3, 0.4) is 0 Å². The molecule has 0 spiro atoms. The summed E-state index contributed by atoms with van der Waals surface area (Å²) in [5, 5.41) is 0. The molecule has 0 radical (unpaired) electrons. The Hall–Kier alpha value is -3.16. The average molecular weight is 439 g/mol. The van der Waals surface area contributed by atoms with Gasteiger partial charge in [0.2, 0.25) is 11.8 Å². The number of amides is 2. The van der Waals surface area contributed by atoms with Gasteiger partial charge in [-0.1, -0.05) is 19.1 Å². The second-order valence-electron chi connectivity index (χ2n) is 8.42. The van der Waals surface area contributed by atoms with Gasteiger partial charge < -0.3 is 19.5 Å². The highest BCUT2D eigenvalue weighted by molar-refractivity contribution is 5.79. The molecule has 0 aliphatic carbocycles. The maximum atomic E-state index is 13.2. The lowest BCUT2D eigenvalue weighted by atomic mass is 9.99. The van der Waals surface area contributed by atoms with Gasteiger partial charge in [-0.15, -0.1) is 0 Å². The van der Waals surface area contributed by atoms with Crippen molar-refractivity contribution in [3.63, 3.8) is 0 Å². The first-order chi connectivity index (χ1) is 15.5. The third-order valence-electron chi connectivity index (χ3n) is 6.40. The Morgan fingerprint density at radius 1 is 1.16 bits per heavy atom. The number of carbonyl (C=O) groups excluding carboxylic acids is 2. The van der Waals surface area contributed by atoms with Gasteiger partial charge in [0.05, 0.1) is 31.8 Å². The summed E-state index contributed by atoms with van der Waals surface area (Å²) < 4.78 is 5.19. The number of hydrogen-bond donors (Lipinski definition) is 1. The highest BCUT2D eigenvalue weighted by Crippen LogP contribution is 2.30. The van der Waals surface area contributed by atoms with E-state index in [2.05, 4.69) is 4.98 Å². The van der Waals surface area contributed by atoms with E-state index in [1.165, 1.54) is 0 Å². The Morgan fingerprint density at radius 3 is 2.66 bits per heavy atom. The van der Waals surface area contributed by atoms with Crippen molar-refractivity contribution in [2.75, 3.05) is 20.2 Å². The van der Waals surface area contributed by atoms with Crippen LogP contribution in [0.5, 0.6) is 5.75 Å². The van der Waals surface area contributed by atoms with Crippen LogP contribution in [0.1, 0.15) is 61.3 Å². The zero-order chi connectivity index (χ0) is 22.7. The summed E-state index contributed by atoms with van der Waals surface area (Å²) in [5.41, 5.74) is 2.08. The highest BCUT2D eigenvalue weighted by Gasteiger charge is 2.31. The zero-order valence-corrected chi connectivity index (χ0v) is 18.7. The third kappa shape index (κ3) is 4.54. The summed E-state index contributed by atoms with van der Waals surface area (Å²) in [7, 11) is 1.61. The molecular weight excluding hydrogens is 408 g/mol. The van der Waals surface area contributed by atoms with Crippen molar-refractivity contribution in [2.24, 2.45) is 0 Å². The van der Waals surface area contributed by atoms with Crippen molar-refractivity contribution >= 4 is 11.8 Å². The summed E-state index contributed by atoms with van der Waals surface area (Å²) >= 11 is 0. The first-order valence-corrected chi connectivity index (χ1v) is 11.3. The number of likely N-dealkylation sites (tertiary alicyclic amines) is 1. The number of aromatic amines is 1. The van der Waals surface area contributed by atoms with Crippen LogP contribution in [-0.4, -0.2) is 51.8 Å². The molecule has 1 fully saturated rings. The molecule has 8 nitrogen and oxygen atoms in total. The van der Waals surface area contributed by atoms with Gasteiger partial charge in [0.15, 0.2) is 0 Å². The molecule has 1 N–H and O–H groups in total. The molecule has 2 aromatic rings. The van der Waals surface area contributed by atoms with E-state index in [4.69, 9.17) is 9.72 Å². The molecule has 0 bridgehead atoms. The van der Waals surface area contributed by atoms with Gasteiger partial charge in [0.1, 0.15) is 11.6 Å². The minimum atomic E-state index is -0.259. The Morgan fingerprint density at radius 2 is 1.94 bits per heavy atom. The number of piperidine rings is 1. The van der Waals surface area contributed by atoms with Gasteiger partial charge in [-0.05, 0) is 43.4 Å². The molecule has 1 aromatic heterocycles. The van der Waals surface area contributed by atoms with E-state index >= 15 is 0 Å². The Balaban J connectivity index is 1.57. The lowest BCUT2D eigenvalue weighted by molar-refractivity contribution is -0.134. The topological polar surface area (TPSA) is 95.6 Å². The normalized spacial score (nSPS) is 18.2. The summed E-state index contributed by atoms with van der Waals surface area (Å²) in [6, 6.07) is 7.23. The van der Waals surface area contributed by atoms with Crippen LogP contribution < -0.4 is 10.3 Å². The van der Waals surface area contributed by atoms with Gasteiger partial charge in [-0.3, -0.25) is 14.4 Å². The van der Waals surface area contributed by atoms with Crippen LogP contribution in [-0.2, 0) is 29.0 Å². The van der Waals surface area contributed by atoms with Crippen molar-refractivity contribution in [2.45, 2.75) is 58.0 Å².